The Morgan fingerprint density at radius 2 is 1.95 bits per heavy atom. The van der Waals surface area contributed by atoms with Crippen molar-refractivity contribution in [2.24, 2.45) is 0 Å². The highest BCUT2D eigenvalue weighted by Crippen LogP contribution is 2.25. The standard InChI is InChI=1S/C17H21BrN2O/c1-12-9-14(6-7-15(12)18)21-16-8-5-13(10-19-16)11-20-17(2,3)4/h5-10,20H,11H2,1-4H3. The number of hydrogen-bond donors (Lipinski definition) is 1. The number of halogens is 1. The molecule has 2 rings (SSSR count). The minimum Gasteiger partial charge on any atom is -0.439 e. The van der Waals surface area contributed by atoms with Gasteiger partial charge in [0.05, 0.1) is 0 Å². The van der Waals surface area contributed by atoms with Gasteiger partial charge in [-0.3, -0.25) is 0 Å². The summed E-state index contributed by atoms with van der Waals surface area (Å²) in [6.45, 7) is 9.27. The first kappa shape index (κ1) is 16.0. The maximum atomic E-state index is 5.76. The Bertz CT molecular complexity index is 603. The number of pyridine rings is 1. The molecule has 0 unspecified atom stereocenters. The first-order chi connectivity index (χ1) is 9.83. The van der Waals surface area contributed by atoms with Gasteiger partial charge < -0.3 is 10.1 Å². The predicted molar refractivity (Wildman–Crippen MR) is 89.8 cm³/mol. The summed E-state index contributed by atoms with van der Waals surface area (Å²) in [4.78, 5) is 4.35. The normalized spacial score (nSPS) is 11.5. The van der Waals surface area contributed by atoms with E-state index in [1.807, 2.05) is 43.5 Å². The van der Waals surface area contributed by atoms with Crippen molar-refractivity contribution in [1.82, 2.24) is 10.3 Å². The van der Waals surface area contributed by atoms with E-state index in [1.54, 1.807) is 0 Å². The first-order valence-electron chi connectivity index (χ1n) is 6.97. The number of ether oxygens (including phenoxy) is 1. The lowest BCUT2D eigenvalue weighted by atomic mass is 10.1. The van der Waals surface area contributed by atoms with E-state index in [4.69, 9.17) is 4.74 Å². The van der Waals surface area contributed by atoms with Gasteiger partial charge in [0.15, 0.2) is 0 Å². The molecule has 3 nitrogen and oxygen atoms in total. The third-order valence-corrected chi connectivity index (χ3v) is 3.86. The van der Waals surface area contributed by atoms with Crippen LogP contribution in [0.1, 0.15) is 31.9 Å². The summed E-state index contributed by atoms with van der Waals surface area (Å²) in [6, 6.07) is 9.82. The van der Waals surface area contributed by atoms with Crippen molar-refractivity contribution in [3.63, 3.8) is 0 Å². The average molecular weight is 349 g/mol. The van der Waals surface area contributed by atoms with Crippen molar-refractivity contribution in [3.8, 4) is 11.6 Å². The third-order valence-electron chi connectivity index (χ3n) is 2.97. The van der Waals surface area contributed by atoms with Crippen LogP contribution in [-0.4, -0.2) is 10.5 Å². The predicted octanol–water partition coefficient (Wildman–Crippen LogP) is 4.83. The zero-order valence-electron chi connectivity index (χ0n) is 12.9. The Morgan fingerprint density at radius 3 is 2.52 bits per heavy atom. The zero-order valence-corrected chi connectivity index (χ0v) is 14.5. The van der Waals surface area contributed by atoms with Crippen LogP contribution in [0.4, 0.5) is 0 Å². The molecule has 0 atom stereocenters. The van der Waals surface area contributed by atoms with Gasteiger partial charge in [0, 0.05) is 28.8 Å². The second-order valence-electron chi connectivity index (χ2n) is 6.12. The van der Waals surface area contributed by atoms with Gasteiger partial charge in [-0.15, -0.1) is 0 Å². The Labute approximate surface area is 134 Å². The first-order valence-corrected chi connectivity index (χ1v) is 7.77. The molecule has 1 aromatic heterocycles. The van der Waals surface area contributed by atoms with E-state index in [0.717, 1.165) is 27.9 Å². The maximum Gasteiger partial charge on any atom is 0.219 e. The molecule has 1 aromatic carbocycles. The second-order valence-corrected chi connectivity index (χ2v) is 6.98. The van der Waals surface area contributed by atoms with E-state index in [9.17, 15) is 0 Å². The molecule has 0 aliphatic heterocycles. The Balaban J connectivity index is 2.00. The SMILES string of the molecule is Cc1cc(Oc2ccc(CNC(C)(C)C)cn2)ccc1Br. The monoisotopic (exact) mass is 348 g/mol. The lowest BCUT2D eigenvalue weighted by Gasteiger charge is -2.20. The van der Waals surface area contributed by atoms with Crippen LogP contribution in [0, 0.1) is 6.92 Å². The van der Waals surface area contributed by atoms with Crippen LogP contribution in [0.25, 0.3) is 0 Å². The molecule has 1 N–H and O–H groups in total. The molecule has 112 valence electrons. The molecule has 21 heavy (non-hydrogen) atoms. The fourth-order valence-electron chi connectivity index (χ4n) is 1.74. The smallest absolute Gasteiger partial charge is 0.219 e. The highest BCUT2D eigenvalue weighted by molar-refractivity contribution is 9.10. The van der Waals surface area contributed by atoms with Gasteiger partial charge in [-0.2, -0.15) is 0 Å². The topological polar surface area (TPSA) is 34.1 Å². The van der Waals surface area contributed by atoms with E-state index in [1.165, 1.54) is 0 Å². The van der Waals surface area contributed by atoms with E-state index < -0.39 is 0 Å². The van der Waals surface area contributed by atoms with Gasteiger partial charge in [0.2, 0.25) is 5.88 Å². The second kappa shape index (κ2) is 6.58. The van der Waals surface area contributed by atoms with Crippen LogP contribution >= 0.6 is 15.9 Å². The Kier molecular flexibility index (Phi) is 5.01. The van der Waals surface area contributed by atoms with Crippen LogP contribution in [0.15, 0.2) is 41.0 Å². The number of benzene rings is 1. The summed E-state index contributed by atoms with van der Waals surface area (Å²) < 4.78 is 6.84. The van der Waals surface area contributed by atoms with Crippen LogP contribution in [0.3, 0.4) is 0 Å². The maximum absolute atomic E-state index is 5.76. The van der Waals surface area contributed by atoms with Gasteiger partial charge in [-0.05, 0) is 57.0 Å². The van der Waals surface area contributed by atoms with Crippen molar-refractivity contribution >= 4 is 15.9 Å². The van der Waals surface area contributed by atoms with Crippen LogP contribution in [0.2, 0.25) is 0 Å². The minimum atomic E-state index is 0.101. The molecule has 0 aliphatic carbocycles. The van der Waals surface area contributed by atoms with E-state index in [0.29, 0.717) is 5.88 Å². The summed E-state index contributed by atoms with van der Waals surface area (Å²) in [5.74, 6) is 1.40. The largest absolute Gasteiger partial charge is 0.439 e. The average Bonchev–Trinajstić information content (AvgIpc) is 2.41. The molecule has 4 heteroatoms. The molecule has 0 spiro atoms. The van der Waals surface area contributed by atoms with Crippen molar-refractivity contribution in [3.05, 3.63) is 52.1 Å². The van der Waals surface area contributed by atoms with Gasteiger partial charge >= 0.3 is 0 Å². The molecule has 0 radical (unpaired) electrons. The number of nitrogens with one attached hydrogen (secondary N) is 1. The number of hydrogen-bond acceptors (Lipinski definition) is 3. The van der Waals surface area contributed by atoms with Crippen molar-refractivity contribution in [1.29, 1.82) is 0 Å². The lowest BCUT2D eigenvalue weighted by Crippen LogP contribution is -2.35. The molecular weight excluding hydrogens is 328 g/mol. The molecular formula is C17H21BrN2O. The number of rotatable bonds is 4. The van der Waals surface area contributed by atoms with Gasteiger partial charge in [-0.25, -0.2) is 4.98 Å². The molecule has 0 amide bonds. The molecule has 2 aromatic rings. The highest BCUT2D eigenvalue weighted by Gasteiger charge is 2.08. The molecule has 0 bridgehead atoms. The number of aromatic nitrogens is 1. The van der Waals surface area contributed by atoms with Gasteiger partial charge in [0.1, 0.15) is 5.75 Å². The fourth-order valence-corrected chi connectivity index (χ4v) is 1.99. The summed E-state index contributed by atoms with van der Waals surface area (Å²) in [7, 11) is 0. The highest BCUT2D eigenvalue weighted by atomic mass is 79.9. The fraction of sp³-hybridized carbons (Fsp3) is 0.353. The molecule has 0 fully saturated rings. The van der Waals surface area contributed by atoms with E-state index in [-0.39, 0.29) is 5.54 Å². The van der Waals surface area contributed by atoms with Gasteiger partial charge in [0.25, 0.3) is 0 Å². The Hall–Kier alpha value is -1.39. The van der Waals surface area contributed by atoms with Crippen LogP contribution in [-0.2, 0) is 6.54 Å². The molecule has 1 heterocycles. The lowest BCUT2D eigenvalue weighted by molar-refractivity contribution is 0.423. The van der Waals surface area contributed by atoms with Crippen LogP contribution in [0.5, 0.6) is 11.6 Å². The van der Waals surface area contributed by atoms with Crippen molar-refractivity contribution in [2.75, 3.05) is 0 Å². The summed E-state index contributed by atoms with van der Waals surface area (Å²) in [6.07, 6.45) is 1.85. The van der Waals surface area contributed by atoms with Crippen molar-refractivity contribution in [2.45, 2.75) is 39.8 Å². The quantitative estimate of drug-likeness (QED) is 0.858. The number of nitrogens with zero attached hydrogens (tertiary/aromatic N) is 1. The summed E-state index contributed by atoms with van der Waals surface area (Å²) in [5.41, 5.74) is 2.38. The molecule has 0 saturated carbocycles. The van der Waals surface area contributed by atoms with E-state index in [2.05, 4.69) is 47.0 Å². The minimum absolute atomic E-state index is 0.101. The molecule has 0 aliphatic rings. The third kappa shape index (κ3) is 5.14. The Morgan fingerprint density at radius 1 is 1.19 bits per heavy atom. The zero-order chi connectivity index (χ0) is 15.5. The number of aryl methyl sites for hydroxylation is 1. The van der Waals surface area contributed by atoms with Gasteiger partial charge in [-0.1, -0.05) is 22.0 Å². The van der Waals surface area contributed by atoms with Crippen LogP contribution < -0.4 is 10.1 Å². The molecule has 0 saturated heterocycles. The summed E-state index contributed by atoms with van der Waals surface area (Å²) >= 11 is 3.48. The van der Waals surface area contributed by atoms with Crippen molar-refractivity contribution < 1.29 is 4.74 Å². The van der Waals surface area contributed by atoms with E-state index >= 15 is 0 Å². The summed E-state index contributed by atoms with van der Waals surface area (Å²) in [5, 5.41) is 3.43.